The van der Waals surface area contributed by atoms with E-state index in [4.69, 9.17) is 9.47 Å². The van der Waals surface area contributed by atoms with Crippen LogP contribution >= 0.6 is 11.8 Å². The summed E-state index contributed by atoms with van der Waals surface area (Å²) in [5.74, 6) is 2.18. The van der Waals surface area contributed by atoms with Crippen LogP contribution in [0.3, 0.4) is 0 Å². The second kappa shape index (κ2) is 8.31. The number of hydrogen-bond donors (Lipinski definition) is 0. The number of hydrogen-bond acceptors (Lipinski definition) is 4. The number of para-hydroxylation sites is 1. The summed E-state index contributed by atoms with van der Waals surface area (Å²) in [6.07, 6.45) is 5.40. The van der Waals surface area contributed by atoms with E-state index in [2.05, 4.69) is 10.6 Å². The smallest absolute Gasteiger partial charge is 0.312 e. The molecule has 5 heteroatoms. The quantitative estimate of drug-likeness (QED) is 0.351. The zero-order valence-corrected chi connectivity index (χ0v) is 16.3. The van der Waals surface area contributed by atoms with Gasteiger partial charge < -0.3 is 9.47 Å². The monoisotopic (exact) mass is 390 g/mol. The Morgan fingerprint density at radius 1 is 1.07 bits per heavy atom. The van der Waals surface area contributed by atoms with E-state index >= 15 is 0 Å². The van der Waals surface area contributed by atoms with Crippen molar-refractivity contribution in [2.45, 2.75) is 11.3 Å². The second-order valence-electron chi connectivity index (χ2n) is 6.30. The van der Waals surface area contributed by atoms with E-state index in [0.29, 0.717) is 11.3 Å². The van der Waals surface area contributed by atoms with Crippen molar-refractivity contribution in [1.82, 2.24) is 0 Å². The highest BCUT2D eigenvalue weighted by molar-refractivity contribution is 7.99. The summed E-state index contributed by atoms with van der Waals surface area (Å²) in [4.78, 5) is 12.4. The van der Waals surface area contributed by atoms with Crippen molar-refractivity contribution in [3.8, 4) is 11.5 Å². The Balaban J connectivity index is 1.42. The number of ketones is 1. The predicted octanol–water partition coefficient (Wildman–Crippen LogP) is 4.56. The fraction of sp³-hybridized carbons (Fsp3) is 0.130. The highest BCUT2D eigenvalue weighted by Gasteiger charge is 2.32. The van der Waals surface area contributed by atoms with Crippen LogP contribution in [-0.2, 0) is 0 Å². The van der Waals surface area contributed by atoms with Gasteiger partial charge in [0.15, 0.2) is 12.0 Å². The number of nitrogens with zero attached hydrogens (tertiary/aromatic N) is 1. The first kappa shape index (κ1) is 18.3. The van der Waals surface area contributed by atoms with Crippen LogP contribution in [0, 0.1) is 0 Å². The number of allylic oxidation sites excluding steroid dienone is 1. The third kappa shape index (κ3) is 3.94. The van der Waals surface area contributed by atoms with Crippen LogP contribution in [0.4, 0.5) is 0 Å². The number of carbonyl (C=O) groups excluding carboxylic acids is 1. The van der Waals surface area contributed by atoms with Gasteiger partial charge in [-0.2, -0.15) is 4.57 Å². The lowest BCUT2D eigenvalue weighted by atomic mass is 10.1. The van der Waals surface area contributed by atoms with Gasteiger partial charge in [-0.15, -0.1) is 0 Å². The molecule has 4 nitrogen and oxygen atoms in total. The predicted molar refractivity (Wildman–Crippen MR) is 110 cm³/mol. The molecule has 1 atom stereocenters. The Morgan fingerprint density at radius 2 is 1.86 bits per heavy atom. The van der Waals surface area contributed by atoms with Gasteiger partial charge in [0.05, 0.1) is 12.7 Å². The lowest BCUT2D eigenvalue weighted by Crippen LogP contribution is -2.41. The summed E-state index contributed by atoms with van der Waals surface area (Å²) >= 11 is 1.79. The van der Waals surface area contributed by atoms with E-state index in [-0.39, 0.29) is 12.0 Å². The molecule has 2 aromatic carbocycles. The number of rotatable bonds is 6. The molecule has 2 heterocycles. The van der Waals surface area contributed by atoms with Gasteiger partial charge in [-0.3, -0.25) is 4.79 Å². The molecule has 0 fully saturated rings. The van der Waals surface area contributed by atoms with Crippen LogP contribution in [-0.4, -0.2) is 18.6 Å². The fourth-order valence-electron chi connectivity index (χ4n) is 3.05. The van der Waals surface area contributed by atoms with Gasteiger partial charge in [0, 0.05) is 12.1 Å². The van der Waals surface area contributed by atoms with Gasteiger partial charge in [0.2, 0.25) is 5.03 Å². The lowest BCUT2D eigenvalue weighted by Gasteiger charge is -2.09. The van der Waals surface area contributed by atoms with Gasteiger partial charge in [-0.05, 0) is 53.7 Å². The third-order valence-corrected chi connectivity index (χ3v) is 5.58. The summed E-state index contributed by atoms with van der Waals surface area (Å²) in [6, 6.07) is 21.1. The Hall–Kier alpha value is -3.05. The third-order valence-electron chi connectivity index (χ3n) is 4.49. The number of carbonyl (C=O) groups is 1. The van der Waals surface area contributed by atoms with Gasteiger partial charge in [-0.25, -0.2) is 0 Å². The van der Waals surface area contributed by atoms with Crippen molar-refractivity contribution in [2.24, 2.45) is 0 Å². The van der Waals surface area contributed by atoms with Gasteiger partial charge in [-0.1, -0.05) is 30.3 Å². The van der Waals surface area contributed by atoms with Crippen molar-refractivity contribution in [2.75, 3.05) is 12.9 Å². The Morgan fingerprint density at radius 3 is 2.68 bits per heavy atom. The minimum absolute atomic E-state index is 0.00489. The van der Waals surface area contributed by atoms with Crippen LogP contribution in [0.5, 0.6) is 11.5 Å². The van der Waals surface area contributed by atoms with E-state index in [1.807, 2.05) is 54.7 Å². The largest absolute Gasteiger partial charge is 0.496 e. The van der Waals surface area contributed by atoms with Crippen LogP contribution < -0.4 is 14.0 Å². The topological polar surface area (TPSA) is 39.4 Å². The lowest BCUT2D eigenvalue weighted by molar-refractivity contribution is -0.775. The molecule has 0 saturated heterocycles. The number of fused-ring (bicyclic) bond motifs is 1. The number of benzene rings is 2. The molecule has 0 amide bonds. The van der Waals surface area contributed by atoms with E-state index in [1.54, 1.807) is 43.2 Å². The summed E-state index contributed by atoms with van der Waals surface area (Å²) in [6.45, 7) is 0. The average Bonchev–Trinajstić information content (AvgIpc) is 3.16. The van der Waals surface area contributed by atoms with E-state index in [0.717, 1.165) is 17.1 Å². The summed E-state index contributed by atoms with van der Waals surface area (Å²) in [7, 11) is 1.56. The minimum Gasteiger partial charge on any atom is -0.496 e. The molecule has 0 spiro atoms. The van der Waals surface area contributed by atoms with Crippen molar-refractivity contribution in [3.05, 3.63) is 90.1 Å². The molecule has 0 aliphatic carbocycles. The SMILES string of the molecule is COc1ccccc1C(=O)/C=C/c1ccc(OC2CSc3cccc[n+]32)cc1. The number of thioether (sulfide) groups is 1. The molecule has 0 bridgehead atoms. The number of aromatic nitrogens is 1. The maximum Gasteiger partial charge on any atom is 0.312 e. The molecule has 3 aromatic rings. The molecule has 1 aromatic heterocycles. The van der Waals surface area contributed by atoms with Crippen molar-refractivity contribution in [3.63, 3.8) is 0 Å². The molecule has 140 valence electrons. The van der Waals surface area contributed by atoms with Crippen LogP contribution in [0.25, 0.3) is 6.08 Å². The van der Waals surface area contributed by atoms with Crippen LogP contribution in [0.2, 0.25) is 0 Å². The summed E-state index contributed by atoms with van der Waals surface area (Å²) in [5, 5.41) is 1.21. The molecule has 0 N–H and O–H groups in total. The standard InChI is InChI=1S/C23H20NO3S/c1-26-21-7-3-2-6-19(21)20(25)14-11-17-9-12-18(13-10-17)27-22-16-28-23-8-4-5-15-24(22)23/h2-15,22H,16H2,1H3/q+1/b14-11+. The Bertz CT molecular complexity index is 1010. The van der Waals surface area contributed by atoms with Gasteiger partial charge in [0.25, 0.3) is 0 Å². The maximum atomic E-state index is 12.4. The first-order valence-electron chi connectivity index (χ1n) is 9.00. The van der Waals surface area contributed by atoms with E-state index in [1.165, 1.54) is 5.03 Å². The molecule has 0 saturated carbocycles. The second-order valence-corrected chi connectivity index (χ2v) is 7.34. The number of ether oxygens (including phenoxy) is 2. The first-order valence-corrected chi connectivity index (χ1v) is 9.98. The fourth-order valence-corrected chi connectivity index (χ4v) is 4.10. The van der Waals surface area contributed by atoms with Crippen LogP contribution in [0.1, 0.15) is 22.1 Å². The number of pyridine rings is 1. The Labute approximate surface area is 168 Å². The van der Waals surface area contributed by atoms with Crippen molar-refractivity contribution in [1.29, 1.82) is 0 Å². The molecular weight excluding hydrogens is 370 g/mol. The van der Waals surface area contributed by atoms with E-state index < -0.39 is 0 Å². The zero-order valence-electron chi connectivity index (χ0n) is 15.4. The molecule has 1 aliphatic heterocycles. The van der Waals surface area contributed by atoms with Gasteiger partial charge >= 0.3 is 6.23 Å². The summed E-state index contributed by atoms with van der Waals surface area (Å²) in [5.41, 5.74) is 1.49. The molecule has 0 radical (unpaired) electrons. The summed E-state index contributed by atoms with van der Waals surface area (Å²) < 4.78 is 13.5. The van der Waals surface area contributed by atoms with Crippen LogP contribution in [0.15, 0.2) is 84.0 Å². The Kier molecular flexibility index (Phi) is 5.44. The van der Waals surface area contributed by atoms with E-state index in [9.17, 15) is 4.79 Å². The van der Waals surface area contributed by atoms with Gasteiger partial charge in [0.1, 0.15) is 17.3 Å². The average molecular weight is 390 g/mol. The first-order chi connectivity index (χ1) is 13.7. The molecule has 4 rings (SSSR count). The maximum absolute atomic E-state index is 12.4. The zero-order chi connectivity index (χ0) is 19.3. The molecule has 1 aliphatic rings. The highest BCUT2D eigenvalue weighted by Crippen LogP contribution is 2.28. The minimum atomic E-state index is -0.0891. The normalized spacial score (nSPS) is 15.4. The molecule has 28 heavy (non-hydrogen) atoms. The number of methoxy groups -OCH3 is 1. The molecular formula is C23H20NO3S+. The highest BCUT2D eigenvalue weighted by atomic mass is 32.2. The molecule has 1 unspecified atom stereocenters. The van der Waals surface area contributed by atoms with Crippen molar-refractivity contribution >= 4 is 23.6 Å². The van der Waals surface area contributed by atoms with Crippen molar-refractivity contribution < 1.29 is 18.8 Å².